The number of rotatable bonds is 5. The Morgan fingerprint density at radius 2 is 1.89 bits per heavy atom. The fourth-order valence-electron chi connectivity index (χ4n) is 4.38. The lowest BCUT2D eigenvalue weighted by molar-refractivity contribution is 0.0957. The Labute approximate surface area is 159 Å². The van der Waals surface area contributed by atoms with Gasteiger partial charge in [-0.2, -0.15) is 0 Å². The Hall–Kier alpha value is -2.65. The molecule has 3 nitrogen and oxygen atoms in total. The number of fused-ring (bicyclic) bond motifs is 1. The van der Waals surface area contributed by atoms with Crippen molar-refractivity contribution in [1.29, 1.82) is 0 Å². The number of para-hydroxylation sites is 1. The van der Waals surface area contributed by atoms with Crippen molar-refractivity contribution in [2.24, 2.45) is 11.8 Å². The Balaban J connectivity index is 1.21. The zero-order valence-electron chi connectivity index (χ0n) is 15.4. The van der Waals surface area contributed by atoms with Crippen LogP contribution in [0.2, 0.25) is 0 Å². The van der Waals surface area contributed by atoms with Gasteiger partial charge in [0.15, 0.2) is 5.78 Å². The van der Waals surface area contributed by atoms with Gasteiger partial charge >= 0.3 is 0 Å². The number of aromatic amines is 1. The number of benzene rings is 2. The van der Waals surface area contributed by atoms with Gasteiger partial charge in [0, 0.05) is 53.8 Å². The van der Waals surface area contributed by atoms with Gasteiger partial charge in [-0.25, -0.2) is 0 Å². The number of aromatic nitrogens is 1. The van der Waals surface area contributed by atoms with Gasteiger partial charge in [0.1, 0.15) is 0 Å². The number of Topliss-reactive ketones (excluding diaryl/α,β-unsaturated/α-hetero) is 1. The summed E-state index contributed by atoms with van der Waals surface area (Å²) in [5.41, 5.74) is 4.85. The summed E-state index contributed by atoms with van der Waals surface area (Å²) >= 11 is 0. The van der Waals surface area contributed by atoms with E-state index in [0.29, 0.717) is 11.7 Å². The van der Waals surface area contributed by atoms with E-state index in [1.165, 1.54) is 22.0 Å². The number of H-pyrrole nitrogens is 1. The Morgan fingerprint density at radius 1 is 1.07 bits per heavy atom. The second kappa shape index (κ2) is 6.82. The third-order valence-electron chi connectivity index (χ3n) is 6.04. The molecule has 1 aliphatic heterocycles. The van der Waals surface area contributed by atoms with Crippen molar-refractivity contribution in [1.82, 2.24) is 9.88 Å². The maximum Gasteiger partial charge on any atom is 0.166 e. The number of ketones is 1. The van der Waals surface area contributed by atoms with Gasteiger partial charge < -0.3 is 4.98 Å². The van der Waals surface area contributed by atoms with Crippen LogP contribution in [-0.4, -0.2) is 35.3 Å². The maximum atomic E-state index is 12.6. The molecule has 0 saturated heterocycles. The molecule has 0 bridgehead atoms. The summed E-state index contributed by atoms with van der Waals surface area (Å²) in [5.74, 6) is 1.08. The van der Waals surface area contributed by atoms with Crippen molar-refractivity contribution in [2.75, 3.05) is 19.6 Å². The summed E-state index contributed by atoms with van der Waals surface area (Å²) in [6.07, 6.45) is 6.63. The van der Waals surface area contributed by atoms with Crippen LogP contribution in [0.1, 0.15) is 28.8 Å². The summed E-state index contributed by atoms with van der Waals surface area (Å²) in [7, 11) is 0. The number of carbonyl (C=O) groups excluding carboxylic acids is 1. The van der Waals surface area contributed by atoms with Crippen LogP contribution in [0.15, 0.2) is 66.9 Å². The van der Waals surface area contributed by atoms with Crippen LogP contribution in [0.3, 0.4) is 0 Å². The van der Waals surface area contributed by atoms with Gasteiger partial charge in [-0.05, 0) is 30.4 Å². The molecular formula is C24H24N2O. The molecular weight excluding hydrogens is 332 g/mol. The standard InChI is InChI=1S/C24H24N2O/c27-24(18-6-2-1-3-7-18)21-14-19(21)16-26-12-10-17(11-13-26)22-15-25-23-9-5-4-8-20(22)23/h1-10,15,19,21,25H,11-14,16H2/t19-,21+/m1/s1. The zero-order chi connectivity index (χ0) is 18.2. The Morgan fingerprint density at radius 3 is 2.70 bits per heavy atom. The molecule has 2 aliphatic rings. The molecule has 2 heterocycles. The summed E-state index contributed by atoms with van der Waals surface area (Å²) in [6.45, 7) is 3.10. The highest BCUT2D eigenvalue weighted by Crippen LogP contribution is 2.42. The van der Waals surface area contributed by atoms with Crippen molar-refractivity contribution in [2.45, 2.75) is 12.8 Å². The molecule has 27 heavy (non-hydrogen) atoms. The summed E-state index contributed by atoms with van der Waals surface area (Å²) in [6, 6.07) is 18.2. The lowest BCUT2D eigenvalue weighted by Crippen LogP contribution is -2.31. The third kappa shape index (κ3) is 3.24. The van der Waals surface area contributed by atoms with Gasteiger partial charge in [-0.1, -0.05) is 54.6 Å². The average molecular weight is 356 g/mol. The maximum absolute atomic E-state index is 12.6. The van der Waals surface area contributed by atoms with E-state index in [4.69, 9.17) is 0 Å². The molecule has 1 aromatic heterocycles. The van der Waals surface area contributed by atoms with E-state index < -0.39 is 0 Å². The first kappa shape index (κ1) is 16.5. The molecule has 136 valence electrons. The van der Waals surface area contributed by atoms with Crippen LogP contribution in [0.5, 0.6) is 0 Å². The predicted octanol–water partition coefficient (Wildman–Crippen LogP) is 4.78. The number of hydrogen-bond acceptors (Lipinski definition) is 2. The second-order valence-corrected chi connectivity index (χ2v) is 7.82. The molecule has 2 aromatic carbocycles. The minimum Gasteiger partial charge on any atom is -0.361 e. The molecule has 3 heteroatoms. The van der Waals surface area contributed by atoms with Gasteiger partial charge in [0.05, 0.1) is 0 Å². The number of nitrogens with one attached hydrogen (secondary N) is 1. The quantitative estimate of drug-likeness (QED) is 0.668. The van der Waals surface area contributed by atoms with Gasteiger partial charge in [-0.15, -0.1) is 0 Å². The van der Waals surface area contributed by atoms with Crippen molar-refractivity contribution >= 4 is 22.3 Å². The van der Waals surface area contributed by atoms with Crippen molar-refractivity contribution in [3.8, 4) is 0 Å². The van der Waals surface area contributed by atoms with E-state index in [2.05, 4.69) is 46.4 Å². The summed E-state index contributed by atoms with van der Waals surface area (Å²) < 4.78 is 0. The first-order valence-corrected chi connectivity index (χ1v) is 9.87. The predicted molar refractivity (Wildman–Crippen MR) is 110 cm³/mol. The number of hydrogen-bond donors (Lipinski definition) is 1. The van der Waals surface area contributed by atoms with E-state index >= 15 is 0 Å². The average Bonchev–Trinajstić information content (AvgIpc) is 3.36. The van der Waals surface area contributed by atoms with E-state index in [0.717, 1.165) is 38.0 Å². The molecule has 1 aliphatic carbocycles. The third-order valence-corrected chi connectivity index (χ3v) is 6.04. The topological polar surface area (TPSA) is 36.1 Å². The largest absolute Gasteiger partial charge is 0.361 e. The fraction of sp³-hybridized carbons (Fsp3) is 0.292. The normalized spacial score (nSPS) is 22.6. The minimum atomic E-state index is 0.228. The highest BCUT2D eigenvalue weighted by molar-refractivity contribution is 5.99. The molecule has 0 unspecified atom stereocenters. The SMILES string of the molecule is O=C(c1ccccc1)[C@H]1C[C@@H]1CN1CC=C(c2c[nH]c3ccccc23)CC1. The highest BCUT2D eigenvalue weighted by Gasteiger charge is 2.43. The van der Waals surface area contributed by atoms with E-state index in [9.17, 15) is 4.79 Å². The van der Waals surface area contributed by atoms with E-state index in [-0.39, 0.29) is 5.92 Å². The molecule has 0 radical (unpaired) electrons. The van der Waals surface area contributed by atoms with Crippen LogP contribution >= 0.6 is 0 Å². The van der Waals surface area contributed by atoms with Gasteiger partial charge in [0.2, 0.25) is 0 Å². The minimum absolute atomic E-state index is 0.228. The van der Waals surface area contributed by atoms with Crippen LogP contribution in [0.25, 0.3) is 16.5 Å². The molecule has 1 N–H and O–H groups in total. The van der Waals surface area contributed by atoms with Crippen LogP contribution in [-0.2, 0) is 0 Å². The molecule has 2 atom stereocenters. The van der Waals surface area contributed by atoms with Crippen molar-refractivity contribution in [3.63, 3.8) is 0 Å². The number of carbonyl (C=O) groups is 1. The van der Waals surface area contributed by atoms with Crippen LogP contribution in [0, 0.1) is 11.8 Å². The first-order valence-electron chi connectivity index (χ1n) is 9.87. The van der Waals surface area contributed by atoms with Crippen molar-refractivity contribution < 1.29 is 4.79 Å². The molecule has 1 fully saturated rings. The van der Waals surface area contributed by atoms with Crippen LogP contribution < -0.4 is 0 Å². The lowest BCUT2D eigenvalue weighted by atomic mass is 9.98. The Bertz CT molecular complexity index is 1000. The lowest BCUT2D eigenvalue weighted by Gasteiger charge is -2.26. The van der Waals surface area contributed by atoms with Gasteiger partial charge in [0.25, 0.3) is 0 Å². The molecule has 1 saturated carbocycles. The summed E-state index contributed by atoms with van der Waals surface area (Å²) in [5, 5.41) is 1.31. The summed E-state index contributed by atoms with van der Waals surface area (Å²) in [4.78, 5) is 18.4. The van der Waals surface area contributed by atoms with Crippen molar-refractivity contribution in [3.05, 3.63) is 78.0 Å². The molecule has 5 rings (SSSR count). The van der Waals surface area contributed by atoms with Gasteiger partial charge in [-0.3, -0.25) is 9.69 Å². The van der Waals surface area contributed by atoms with Crippen LogP contribution in [0.4, 0.5) is 0 Å². The monoisotopic (exact) mass is 356 g/mol. The first-order chi connectivity index (χ1) is 13.3. The highest BCUT2D eigenvalue weighted by atomic mass is 16.1. The smallest absolute Gasteiger partial charge is 0.166 e. The molecule has 0 spiro atoms. The number of nitrogens with zero attached hydrogens (tertiary/aromatic N) is 1. The zero-order valence-corrected chi connectivity index (χ0v) is 15.4. The second-order valence-electron chi connectivity index (χ2n) is 7.82. The molecule has 3 aromatic rings. The van der Waals surface area contributed by atoms with E-state index in [1.54, 1.807) is 0 Å². The van der Waals surface area contributed by atoms with E-state index in [1.807, 2.05) is 30.3 Å². The Kier molecular flexibility index (Phi) is 4.17. The fourth-order valence-corrected chi connectivity index (χ4v) is 4.38. The molecule has 0 amide bonds.